The van der Waals surface area contributed by atoms with Crippen LogP contribution in [0.15, 0.2) is 0 Å². The van der Waals surface area contributed by atoms with Crippen LogP contribution in [0.2, 0.25) is 0 Å². The lowest BCUT2D eigenvalue weighted by Crippen LogP contribution is -2.53. The van der Waals surface area contributed by atoms with Crippen molar-refractivity contribution in [2.24, 2.45) is 5.73 Å². The van der Waals surface area contributed by atoms with Gasteiger partial charge in [-0.15, -0.1) is 0 Å². The largest absolute Gasteiger partial charge is 0.388 e. The molecule has 0 aromatic heterocycles. The minimum Gasteiger partial charge on any atom is -0.388 e. The summed E-state index contributed by atoms with van der Waals surface area (Å²) < 4.78 is 0. The number of rotatable bonds is 0. The van der Waals surface area contributed by atoms with Crippen LogP contribution in [0, 0.1) is 0 Å². The molecule has 0 spiro atoms. The number of aliphatic hydroxyl groups is 4. The summed E-state index contributed by atoms with van der Waals surface area (Å²) in [4.78, 5) is 0. The van der Waals surface area contributed by atoms with Crippen molar-refractivity contribution < 1.29 is 20.4 Å². The highest BCUT2D eigenvalue weighted by Crippen LogP contribution is 2.28. The molecular weight excluding hydrogens is 150 g/mol. The van der Waals surface area contributed by atoms with Gasteiger partial charge in [-0.3, -0.25) is 0 Å². The molecule has 1 aliphatic carbocycles. The van der Waals surface area contributed by atoms with E-state index in [-0.39, 0.29) is 0 Å². The van der Waals surface area contributed by atoms with Gasteiger partial charge in [0, 0.05) is 0 Å². The smallest absolute Gasteiger partial charge is 0.110 e. The molecule has 0 saturated heterocycles. The van der Waals surface area contributed by atoms with Crippen molar-refractivity contribution in [2.75, 3.05) is 0 Å². The SMILES string of the molecule is CC1(N)C(O)C(O)C(O)C1O. The van der Waals surface area contributed by atoms with Gasteiger partial charge in [0.05, 0.1) is 5.54 Å². The molecule has 0 radical (unpaired) electrons. The zero-order valence-corrected chi connectivity index (χ0v) is 6.18. The van der Waals surface area contributed by atoms with Gasteiger partial charge in [-0.1, -0.05) is 0 Å². The average Bonchev–Trinajstić information content (AvgIpc) is 2.06. The monoisotopic (exact) mass is 163 g/mol. The normalized spacial score (nSPS) is 58.4. The maximum absolute atomic E-state index is 9.17. The van der Waals surface area contributed by atoms with Crippen LogP contribution in [-0.4, -0.2) is 50.4 Å². The fourth-order valence-electron chi connectivity index (χ4n) is 1.28. The van der Waals surface area contributed by atoms with E-state index in [1.54, 1.807) is 0 Å². The molecule has 11 heavy (non-hydrogen) atoms. The molecule has 5 heteroatoms. The Labute approximate surface area is 64.1 Å². The van der Waals surface area contributed by atoms with Crippen molar-refractivity contribution in [3.05, 3.63) is 0 Å². The fraction of sp³-hybridized carbons (Fsp3) is 1.00. The second-order valence-electron chi connectivity index (χ2n) is 3.24. The van der Waals surface area contributed by atoms with E-state index in [0.29, 0.717) is 0 Å². The van der Waals surface area contributed by atoms with Crippen molar-refractivity contribution in [3.63, 3.8) is 0 Å². The molecule has 6 N–H and O–H groups in total. The van der Waals surface area contributed by atoms with Crippen LogP contribution in [0.25, 0.3) is 0 Å². The van der Waals surface area contributed by atoms with Gasteiger partial charge in [-0.25, -0.2) is 0 Å². The fourth-order valence-corrected chi connectivity index (χ4v) is 1.28. The summed E-state index contributed by atoms with van der Waals surface area (Å²) in [6, 6.07) is 0. The van der Waals surface area contributed by atoms with Crippen molar-refractivity contribution in [2.45, 2.75) is 36.9 Å². The molecule has 4 atom stereocenters. The van der Waals surface area contributed by atoms with E-state index in [0.717, 1.165) is 0 Å². The Kier molecular flexibility index (Phi) is 1.94. The van der Waals surface area contributed by atoms with Crippen molar-refractivity contribution >= 4 is 0 Å². The van der Waals surface area contributed by atoms with Gasteiger partial charge in [0.1, 0.15) is 24.4 Å². The molecule has 0 aliphatic heterocycles. The predicted octanol–water partition coefficient (Wildman–Crippen LogP) is -2.84. The molecule has 0 aromatic rings. The molecule has 0 amide bonds. The Bertz CT molecular complexity index is 145. The van der Waals surface area contributed by atoms with E-state index in [9.17, 15) is 10.2 Å². The van der Waals surface area contributed by atoms with Crippen molar-refractivity contribution in [1.82, 2.24) is 0 Å². The number of hydrogen-bond acceptors (Lipinski definition) is 5. The van der Waals surface area contributed by atoms with Gasteiger partial charge in [0.15, 0.2) is 0 Å². The second-order valence-corrected chi connectivity index (χ2v) is 3.24. The lowest BCUT2D eigenvalue weighted by atomic mass is 9.97. The summed E-state index contributed by atoms with van der Waals surface area (Å²) in [5, 5.41) is 36.4. The first-order chi connectivity index (χ1) is 4.89. The van der Waals surface area contributed by atoms with Gasteiger partial charge in [-0.05, 0) is 6.92 Å². The lowest BCUT2D eigenvalue weighted by Gasteiger charge is -2.26. The minimum atomic E-state index is -1.36. The third kappa shape index (κ3) is 1.05. The Morgan fingerprint density at radius 3 is 1.36 bits per heavy atom. The quantitative estimate of drug-likeness (QED) is 0.264. The zero-order chi connectivity index (χ0) is 8.81. The van der Waals surface area contributed by atoms with E-state index in [1.807, 2.05) is 0 Å². The number of aliphatic hydroxyl groups excluding tert-OH is 4. The molecule has 1 saturated carbocycles. The van der Waals surface area contributed by atoms with Gasteiger partial charge in [0.25, 0.3) is 0 Å². The predicted molar refractivity (Wildman–Crippen MR) is 36.6 cm³/mol. The second kappa shape index (κ2) is 2.40. The van der Waals surface area contributed by atoms with Crippen LogP contribution >= 0.6 is 0 Å². The third-order valence-electron chi connectivity index (χ3n) is 2.27. The number of nitrogens with two attached hydrogens (primary N) is 1. The lowest BCUT2D eigenvalue weighted by molar-refractivity contribution is -0.0413. The highest BCUT2D eigenvalue weighted by Gasteiger charge is 2.54. The highest BCUT2D eigenvalue weighted by molar-refractivity contribution is 5.09. The van der Waals surface area contributed by atoms with Crippen LogP contribution in [0.3, 0.4) is 0 Å². The molecule has 1 aliphatic rings. The van der Waals surface area contributed by atoms with Gasteiger partial charge >= 0.3 is 0 Å². The van der Waals surface area contributed by atoms with Crippen LogP contribution in [0.5, 0.6) is 0 Å². The van der Waals surface area contributed by atoms with E-state index in [1.165, 1.54) is 6.92 Å². The van der Waals surface area contributed by atoms with E-state index < -0.39 is 30.0 Å². The highest BCUT2D eigenvalue weighted by atomic mass is 16.4. The van der Waals surface area contributed by atoms with Crippen LogP contribution < -0.4 is 5.73 Å². The summed E-state index contributed by atoms with van der Waals surface area (Å²) in [6.45, 7) is 1.38. The standard InChI is InChI=1S/C6H13NO4/c1-6(7)4(10)2(8)3(9)5(6)11/h2-5,8-11H,7H2,1H3. The molecule has 1 fully saturated rings. The van der Waals surface area contributed by atoms with Crippen LogP contribution in [0.1, 0.15) is 6.92 Å². The summed E-state index contributed by atoms with van der Waals surface area (Å²) in [5.41, 5.74) is 4.09. The molecule has 66 valence electrons. The van der Waals surface area contributed by atoms with Gasteiger partial charge < -0.3 is 26.2 Å². The Morgan fingerprint density at radius 2 is 1.27 bits per heavy atom. The maximum atomic E-state index is 9.17. The maximum Gasteiger partial charge on any atom is 0.110 e. The summed E-state index contributed by atoms with van der Waals surface area (Å²) >= 11 is 0. The van der Waals surface area contributed by atoms with Crippen LogP contribution in [0.4, 0.5) is 0 Å². The first-order valence-corrected chi connectivity index (χ1v) is 3.40. The number of hydrogen-bond donors (Lipinski definition) is 5. The van der Waals surface area contributed by atoms with Crippen molar-refractivity contribution in [3.8, 4) is 0 Å². The summed E-state index contributed by atoms with van der Waals surface area (Å²) in [5.74, 6) is 0. The van der Waals surface area contributed by atoms with Crippen molar-refractivity contribution in [1.29, 1.82) is 0 Å². The molecular formula is C6H13NO4. The average molecular weight is 163 g/mol. The Morgan fingerprint density at radius 1 is 1.00 bits per heavy atom. The molecule has 4 unspecified atom stereocenters. The summed E-state index contributed by atoms with van der Waals surface area (Å²) in [7, 11) is 0. The first-order valence-electron chi connectivity index (χ1n) is 3.40. The topological polar surface area (TPSA) is 107 Å². The molecule has 5 nitrogen and oxygen atoms in total. The van der Waals surface area contributed by atoms with E-state index in [2.05, 4.69) is 0 Å². The minimum absolute atomic E-state index is 1.28. The van der Waals surface area contributed by atoms with Gasteiger partial charge in [-0.2, -0.15) is 0 Å². The van der Waals surface area contributed by atoms with E-state index >= 15 is 0 Å². The third-order valence-corrected chi connectivity index (χ3v) is 2.27. The first kappa shape index (κ1) is 8.89. The van der Waals surface area contributed by atoms with Gasteiger partial charge in [0.2, 0.25) is 0 Å². The van der Waals surface area contributed by atoms with Crippen LogP contribution in [-0.2, 0) is 0 Å². The zero-order valence-electron chi connectivity index (χ0n) is 6.18. The molecule has 1 rings (SSSR count). The molecule has 0 bridgehead atoms. The molecule has 0 aromatic carbocycles. The van der Waals surface area contributed by atoms with E-state index in [4.69, 9.17) is 15.9 Å². The Hall–Kier alpha value is -0.200. The molecule has 0 heterocycles. The Balaban J connectivity index is 2.87. The summed E-state index contributed by atoms with van der Waals surface area (Å²) in [6.07, 6.45) is -5.29.